The van der Waals surface area contributed by atoms with Crippen molar-refractivity contribution in [1.82, 2.24) is 19.9 Å². The van der Waals surface area contributed by atoms with E-state index in [1.54, 1.807) is 36.4 Å². The van der Waals surface area contributed by atoms with Crippen LogP contribution in [0.2, 0.25) is 5.02 Å². The number of rotatable bonds is 11. The number of benzene rings is 2. The molecule has 2 heterocycles. The molecule has 0 atom stereocenters. The highest BCUT2D eigenvalue weighted by Gasteiger charge is 2.15. The van der Waals surface area contributed by atoms with Crippen LogP contribution < -0.4 is 20.1 Å². The van der Waals surface area contributed by atoms with Crippen LogP contribution in [-0.4, -0.2) is 56.0 Å². The summed E-state index contributed by atoms with van der Waals surface area (Å²) in [4.78, 5) is 46.8. The highest BCUT2D eigenvalue weighted by Crippen LogP contribution is 2.36. The lowest BCUT2D eigenvalue weighted by Gasteiger charge is -2.14. The van der Waals surface area contributed by atoms with Crippen molar-refractivity contribution in [2.45, 2.75) is 6.42 Å². The molecule has 0 radical (unpaired) electrons. The number of hydrogen-bond donors (Lipinski definition) is 4. The van der Waals surface area contributed by atoms with E-state index in [1.165, 1.54) is 25.8 Å². The molecule has 0 spiro atoms. The van der Waals surface area contributed by atoms with Crippen LogP contribution in [0, 0.1) is 0 Å². The Hall–Kier alpha value is -3.87. The van der Waals surface area contributed by atoms with E-state index in [4.69, 9.17) is 30.9 Å². The van der Waals surface area contributed by atoms with Crippen LogP contribution in [0.4, 0.5) is 17.5 Å². The summed E-state index contributed by atoms with van der Waals surface area (Å²) in [5.74, 6) is 0.969. The smallest absolute Gasteiger partial charge is 0.469 e. The molecule has 0 unspecified atom stereocenters. The van der Waals surface area contributed by atoms with Crippen molar-refractivity contribution in [2.75, 3.05) is 31.0 Å². The zero-order chi connectivity index (χ0) is 27.1. The van der Waals surface area contributed by atoms with Gasteiger partial charge in [-0.05, 0) is 24.3 Å². The first kappa shape index (κ1) is 27.2. The van der Waals surface area contributed by atoms with Gasteiger partial charge in [-0.2, -0.15) is 0 Å². The van der Waals surface area contributed by atoms with Gasteiger partial charge in [0.15, 0.2) is 11.5 Å². The van der Waals surface area contributed by atoms with Crippen molar-refractivity contribution in [3.63, 3.8) is 0 Å². The number of phosphoric acid groups is 1. The van der Waals surface area contributed by atoms with E-state index in [0.29, 0.717) is 44.5 Å². The highest BCUT2D eigenvalue weighted by atomic mass is 35.5. The Labute approximate surface area is 221 Å². The van der Waals surface area contributed by atoms with Gasteiger partial charge in [0.1, 0.15) is 12.1 Å². The zero-order valence-electron chi connectivity index (χ0n) is 19.9. The van der Waals surface area contributed by atoms with E-state index >= 15 is 0 Å². The van der Waals surface area contributed by atoms with Crippen LogP contribution in [-0.2, 0) is 9.09 Å². The fourth-order valence-corrected chi connectivity index (χ4v) is 3.81. The van der Waals surface area contributed by atoms with E-state index < -0.39 is 13.7 Å². The molecule has 13 nitrogen and oxygen atoms in total. The normalized spacial score (nSPS) is 11.3. The SMILES string of the molecule is COc1cc2c(Nc3cnc(NC(=O)c4cccc(Cl)c4)nc3)ncnc2cc1OCCCOP(=O)(O)O. The molecule has 38 heavy (non-hydrogen) atoms. The minimum atomic E-state index is -4.52. The third-order valence-corrected chi connectivity index (χ3v) is 5.71. The maximum absolute atomic E-state index is 12.4. The number of ether oxygens (including phenoxy) is 2. The molecule has 1 amide bonds. The highest BCUT2D eigenvalue weighted by molar-refractivity contribution is 7.46. The van der Waals surface area contributed by atoms with Crippen molar-refractivity contribution in [3.05, 3.63) is 65.7 Å². The van der Waals surface area contributed by atoms with Gasteiger partial charge in [0.2, 0.25) is 5.95 Å². The van der Waals surface area contributed by atoms with E-state index in [-0.39, 0.29) is 25.6 Å². The predicted octanol–water partition coefficient (Wildman–Crippen LogP) is 3.96. The van der Waals surface area contributed by atoms with E-state index in [1.807, 2.05) is 0 Å². The van der Waals surface area contributed by atoms with Crippen molar-refractivity contribution in [1.29, 1.82) is 0 Å². The van der Waals surface area contributed by atoms with Gasteiger partial charge in [-0.15, -0.1) is 0 Å². The number of hydrogen-bond acceptors (Lipinski definition) is 10. The standard InChI is InChI=1S/C23H22ClN6O7P/c1-35-19-9-17-18(10-20(19)36-6-3-7-37-38(32,33)34)27-13-28-21(17)29-16-11-25-23(26-12-16)30-22(31)14-4-2-5-15(24)8-14/h2,4-5,8-13H,3,6-7H2,1H3,(H,27,28,29)(H2,32,33,34)(H,25,26,30,31). The number of anilines is 3. The summed E-state index contributed by atoms with van der Waals surface area (Å²) in [5, 5.41) is 6.80. The molecule has 2 aromatic heterocycles. The Balaban J connectivity index is 1.44. The van der Waals surface area contributed by atoms with Crippen LogP contribution in [0.5, 0.6) is 11.5 Å². The molecule has 0 aliphatic carbocycles. The van der Waals surface area contributed by atoms with E-state index in [0.717, 1.165) is 0 Å². The summed E-state index contributed by atoms with van der Waals surface area (Å²) in [5.41, 5.74) is 1.44. The van der Waals surface area contributed by atoms with E-state index in [9.17, 15) is 9.36 Å². The average molecular weight is 561 g/mol. The zero-order valence-corrected chi connectivity index (χ0v) is 21.5. The fraction of sp³-hybridized carbons (Fsp3) is 0.174. The van der Waals surface area contributed by atoms with Crippen molar-refractivity contribution < 1.29 is 33.1 Å². The van der Waals surface area contributed by atoms with Crippen molar-refractivity contribution in [3.8, 4) is 11.5 Å². The number of carbonyl (C=O) groups excluding carboxylic acids is 1. The first-order valence-electron chi connectivity index (χ1n) is 11.0. The third-order valence-electron chi connectivity index (χ3n) is 4.95. The second kappa shape index (κ2) is 12.1. The Morgan fingerprint density at radius 2 is 1.84 bits per heavy atom. The summed E-state index contributed by atoms with van der Waals surface area (Å²) in [6.45, 7) is -0.0306. The summed E-state index contributed by atoms with van der Waals surface area (Å²) in [7, 11) is -3.04. The van der Waals surface area contributed by atoms with Crippen LogP contribution in [0.1, 0.15) is 16.8 Å². The Bertz CT molecular complexity index is 1490. The van der Waals surface area contributed by atoms with Gasteiger partial charge in [-0.3, -0.25) is 14.6 Å². The van der Waals surface area contributed by atoms with Gasteiger partial charge in [0.05, 0.1) is 43.9 Å². The number of halogens is 1. The molecule has 0 saturated carbocycles. The molecular formula is C23H22ClN6O7P. The first-order valence-corrected chi connectivity index (χ1v) is 12.9. The van der Waals surface area contributed by atoms with Crippen LogP contribution in [0.3, 0.4) is 0 Å². The lowest BCUT2D eigenvalue weighted by atomic mass is 10.2. The number of carbonyl (C=O) groups is 1. The molecular weight excluding hydrogens is 539 g/mol. The summed E-state index contributed by atoms with van der Waals surface area (Å²) >= 11 is 5.93. The minimum absolute atomic E-state index is 0.114. The molecule has 15 heteroatoms. The van der Waals surface area contributed by atoms with Crippen LogP contribution >= 0.6 is 19.4 Å². The van der Waals surface area contributed by atoms with Gasteiger partial charge >= 0.3 is 7.82 Å². The molecule has 4 N–H and O–H groups in total. The predicted molar refractivity (Wildman–Crippen MR) is 139 cm³/mol. The number of phosphoric ester groups is 1. The molecule has 4 rings (SSSR count). The van der Waals surface area contributed by atoms with Crippen LogP contribution in [0.15, 0.2) is 55.1 Å². The molecule has 0 saturated heterocycles. The number of amides is 1. The Kier molecular flexibility index (Phi) is 8.66. The lowest BCUT2D eigenvalue weighted by molar-refractivity contribution is 0.102. The largest absolute Gasteiger partial charge is 0.493 e. The number of fused-ring (bicyclic) bond motifs is 1. The Morgan fingerprint density at radius 1 is 1.05 bits per heavy atom. The van der Waals surface area contributed by atoms with E-state index in [2.05, 4.69) is 35.1 Å². The second-order valence-electron chi connectivity index (χ2n) is 7.65. The monoisotopic (exact) mass is 560 g/mol. The number of methoxy groups -OCH3 is 1. The van der Waals surface area contributed by atoms with Gasteiger partial charge < -0.3 is 24.6 Å². The Morgan fingerprint density at radius 3 is 2.55 bits per heavy atom. The van der Waals surface area contributed by atoms with Gasteiger partial charge in [-0.1, -0.05) is 17.7 Å². The minimum Gasteiger partial charge on any atom is -0.493 e. The number of aromatic nitrogens is 4. The molecule has 2 aromatic carbocycles. The maximum Gasteiger partial charge on any atom is 0.469 e. The van der Waals surface area contributed by atoms with Gasteiger partial charge in [0, 0.05) is 28.5 Å². The molecule has 0 fully saturated rings. The molecule has 0 aliphatic rings. The molecule has 4 aromatic rings. The number of nitrogens with one attached hydrogen (secondary N) is 2. The van der Waals surface area contributed by atoms with Gasteiger partial charge in [-0.25, -0.2) is 24.5 Å². The number of nitrogens with zero attached hydrogens (tertiary/aromatic N) is 4. The molecule has 0 bridgehead atoms. The lowest BCUT2D eigenvalue weighted by Crippen LogP contribution is -2.14. The van der Waals surface area contributed by atoms with Gasteiger partial charge in [0.25, 0.3) is 5.91 Å². The van der Waals surface area contributed by atoms with Crippen LogP contribution in [0.25, 0.3) is 10.9 Å². The van der Waals surface area contributed by atoms with Crippen molar-refractivity contribution in [2.24, 2.45) is 0 Å². The summed E-state index contributed by atoms with van der Waals surface area (Å²) < 4.78 is 26.3. The maximum atomic E-state index is 12.4. The third kappa shape index (κ3) is 7.34. The quantitative estimate of drug-likeness (QED) is 0.153. The summed E-state index contributed by atoms with van der Waals surface area (Å²) in [6.07, 6.45) is 4.60. The second-order valence-corrected chi connectivity index (χ2v) is 9.33. The first-order chi connectivity index (χ1) is 18.2. The fourth-order valence-electron chi connectivity index (χ4n) is 3.26. The van der Waals surface area contributed by atoms with Crippen molar-refractivity contribution >= 4 is 53.7 Å². The molecule has 198 valence electrons. The summed E-state index contributed by atoms with van der Waals surface area (Å²) in [6, 6.07) is 9.87. The average Bonchev–Trinajstić information content (AvgIpc) is 2.88. The molecule has 0 aliphatic heterocycles. The topological polar surface area (TPSA) is 178 Å².